The van der Waals surface area contributed by atoms with Crippen molar-refractivity contribution in [2.24, 2.45) is 5.92 Å². The number of piperidine rings is 1. The number of nitrogens with zero attached hydrogens (tertiary/aromatic N) is 2. The number of hydrogen-bond donors (Lipinski definition) is 1. The second kappa shape index (κ2) is 8.32. The Hall–Kier alpha value is -0.160. The summed E-state index contributed by atoms with van der Waals surface area (Å²) < 4.78 is 5.72. The summed E-state index contributed by atoms with van der Waals surface area (Å²) in [6, 6.07) is 1.44. The molecule has 118 valence electrons. The van der Waals surface area contributed by atoms with E-state index >= 15 is 0 Å². The Labute approximate surface area is 124 Å². The van der Waals surface area contributed by atoms with Gasteiger partial charge in [-0.15, -0.1) is 0 Å². The zero-order chi connectivity index (χ0) is 14.4. The molecule has 4 heteroatoms. The molecule has 0 bridgehead atoms. The lowest BCUT2D eigenvalue weighted by Gasteiger charge is -2.40. The first-order chi connectivity index (χ1) is 9.70. The lowest BCUT2D eigenvalue weighted by Crippen LogP contribution is -2.50. The minimum absolute atomic E-state index is 0.662. The first kappa shape index (κ1) is 16.2. The number of likely N-dealkylation sites (tertiary alicyclic amines) is 1. The van der Waals surface area contributed by atoms with Crippen LogP contribution in [0.3, 0.4) is 0 Å². The van der Waals surface area contributed by atoms with Crippen LogP contribution in [0.5, 0.6) is 0 Å². The molecule has 1 N–H and O–H groups in total. The van der Waals surface area contributed by atoms with Crippen molar-refractivity contribution in [2.75, 3.05) is 53.5 Å². The Kier molecular flexibility index (Phi) is 6.75. The number of hydrogen-bond acceptors (Lipinski definition) is 4. The second-order valence-corrected chi connectivity index (χ2v) is 6.68. The summed E-state index contributed by atoms with van der Waals surface area (Å²) in [5, 5.41) is 3.72. The SMILES string of the molecule is CCCNC1CCOCC1CN1CCC(N(C)C)CC1. The number of nitrogens with one attached hydrogen (secondary N) is 1. The largest absolute Gasteiger partial charge is 0.381 e. The molecule has 0 aromatic rings. The van der Waals surface area contributed by atoms with Crippen molar-refractivity contribution >= 4 is 0 Å². The van der Waals surface area contributed by atoms with E-state index in [1.165, 1.54) is 45.3 Å². The molecule has 0 amide bonds. The van der Waals surface area contributed by atoms with Crippen LogP contribution in [0.15, 0.2) is 0 Å². The molecule has 20 heavy (non-hydrogen) atoms. The van der Waals surface area contributed by atoms with Crippen LogP contribution >= 0.6 is 0 Å². The topological polar surface area (TPSA) is 27.7 Å². The van der Waals surface area contributed by atoms with Crippen molar-refractivity contribution in [3.63, 3.8) is 0 Å². The summed E-state index contributed by atoms with van der Waals surface area (Å²) in [6.07, 6.45) is 5.03. The van der Waals surface area contributed by atoms with Crippen LogP contribution in [0.25, 0.3) is 0 Å². The Bertz CT molecular complexity index is 264. The quantitative estimate of drug-likeness (QED) is 0.798. The summed E-state index contributed by atoms with van der Waals surface area (Å²) in [6.45, 7) is 8.97. The summed E-state index contributed by atoms with van der Waals surface area (Å²) >= 11 is 0. The molecular weight excluding hydrogens is 250 g/mol. The Morgan fingerprint density at radius 3 is 2.60 bits per heavy atom. The van der Waals surface area contributed by atoms with E-state index < -0.39 is 0 Å². The first-order valence-corrected chi connectivity index (χ1v) is 8.40. The molecule has 4 nitrogen and oxygen atoms in total. The van der Waals surface area contributed by atoms with E-state index in [0.717, 1.165) is 25.8 Å². The van der Waals surface area contributed by atoms with E-state index in [-0.39, 0.29) is 0 Å². The van der Waals surface area contributed by atoms with Gasteiger partial charge in [0.05, 0.1) is 6.61 Å². The van der Waals surface area contributed by atoms with Gasteiger partial charge in [0.1, 0.15) is 0 Å². The van der Waals surface area contributed by atoms with Crippen LogP contribution in [0.1, 0.15) is 32.6 Å². The zero-order valence-electron chi connectivity index (χ0n) is 13.6. The molecule has 0 spiro atoms. The van der Waals surface area contributed by atoms with Gasteiger partial charge in [0.2, 0.25) is 0 Å². The van der Waals surface area contributed by atoms with E-state index in [1.54, 1.807) is 0 Å². The van der Waals surface area contributed by atoms with Gasteiger partial charge in [0, 0.05) is 31.2 Å². The predicted octanol–water partition coefficient (Wildman–Crippen LogP) is 1.42. The molecule has 0 saturated carbocycles. The van der Waals surface area contributed by atoms with Gasteiger partial charge in [-0.2, -0.15) is 0 Å². The highest BCUT2D eigenvalue weighted by atomic mass is 16.5. The lowest BCUT2D eigenvalue weighted by molar-refractivity contribution is 0.0105. The van der Waals surface area contributed by atoms with Gasteiger partial charge < -0.3 is 19.9 Å². The van der Waals surface area contributed by atoms with Gasteiger partial charge in [-0.05, 0) is 59.4 Å². The molecule has 0 aliphatic carbocycles. The fraction of sp³-hybridized carbons (Fsp3) is 1.00. The first-order valence-electron chi connectivity index (χ1n) is 8.40. The smallest absolute Gasteiger partial charge is 0.0521 e. The van der Waals surface area contributed by atoms with Gasteiger partial charge in [0.15, 0.2) is 0 Å². The maximum absolute atomic E-state index is 5.72. The zero-order valence-corrected chi connectivity index (χ0v) is 13.6. The molecule has 2 heterocycles. The molecule has 2 unspecified atom stereocenters. The highest BCUT2D eigenvalue weighted by Gasteiger charge is 2.29. The van der Waals surface area contributed by atoms with E-state index in [0.29, 0.717) is 12.0 Å². The molecule has 2 fully saturated rings. The van der Waals surface area contributed by atoms with Crippen LogP contribution < -0.4 is 5.32 Å². The molecular formula is C16H33N3O. The van der Waals surface area contributed by atoms with E-state index in [2.05, 4.69) is 36.1 Å². The molecule has 0 aromatic heterocycles. The van der Waals surface area contributed by atoms with Gasteiger partial charge in [-0.3, -0.25) is 0 Å². The standard InChI is InChI=1S/C16H33N3O/c1-4-8-17-16-7-11-20-13-14(16)12-19-9-5-15(6-10-19)18(2)3/h14-17H,4-13H2,1-3H3. The minimum Gasteiger partial charge on any atom is -0.381 e. The fourth-order valence-corrected chi connectivity index (χ4v) is 3.53. The third-order valence-corrected chi connectivity index (χ3v) is 4.91. The average Bonchev–Trinajstić information content (AvgIpc) is 2.47. The van der Waals surface area contributed by atoms with Crippen molar-refractivity contribution in [2.45, 2.75) is 44.7 Å². The van der Waals surface area contributed by atoms with Crippen LogP contribution in [-0.2, 0) is 4.74 Å². The van der Waals surface area contributed by atoms with Crippen LogP contribution in [0.2, 0.25) is 0 Å². The van der Waals surface area contributed by atoms with Crippen molar-refractivity contribution in [3.8, 4) is 0 Å². The van der Waals surface area contributed by atoms with E-state index in [4.69, 9.17) is 4.74 Å². The number of ether oxygens (including phenoxy) is 1. The third kappa shape index (κ3) is 4.69. The van der Waals surface area contributed by atoms with Crippen molar-refractivity contribution in [1.29, 1.82) is 0 Å². The molecule has 2 aliphatic heterocycles. The van der Waals surface area contributed by atoms with Crippen molar-refractivity contribution in [3.05, 3.63) is 0 Å². The highest BCUT2D eigenvalue weighted by Crippen LogP contribution is 2.20. The van der Waals surface area contributed by atoms with Crippen molar-refractivity contribution in [1.82, 2.24) is 15.1 Å². The normalized spacial score (nSPS) is 30.0. The predicted molar refractivity (Wildman–Crippen MR) is 84.2 cm³/mol. The van der Waals surface area contributed by atoms with E-state index in [9.17, 15) is 0 Å². The maximum atomic E-state index is 5.72. The van der Waals surface area contributed by atoms with Crippen LogP contribution in [0, 0.1) is 5.92 Å². The summed E-state index contributed by atoms with van der Waals surface area (Å²) in [7, 11) is 4.42. The van der Waals surface area contributed by atoms with Gasteiger partial charge in [-0.1, -0.05) is 6.92 Å². The molecule has 2 saturated heterocycles. The summed E-state index contributed by atoms with van der Waals surface area (Å²) in [4.78, 5) is 5.03. The van der Waals surface area contributed by atoms with Gasteiger partial charge in [0.25, 0.3) is 0 Å². The third-order valence-electron chi connectivity index (χ3n) is 4.91. The summed E-state index contributed by atoms with van der Waals surface area (Å²) in [5.41, 5.74) is 0. The summed E-state index contributed by atoms with van der Waals surface area (Å²) in [5.74, 6) is 0.672. The minimum atomic E-state index is 0.662. The van der Waals surface area contributed by atoms with Gasteiger partial charge >= 0.3 is 0 Å². The second-order valence-electron chi connectivity index (χ2n) is 6.68. The molecule has 0 aromatic carbocycles. The molecule has 2 aliphatic rings. The Morgan fingerprint density at radius 2 is 1.95 bits per heavy atom. The van der Waals surface area contributed by atoms with E-state index in [1.807, 2.05) is 0 Å². The average molecular weight is 283 g/mol. The Balaban J connectivity index is 1.76. The van der Waals surface area contributed by atoms with Gasteiger partial charge in [-0.25, -0.2) is 0 Å². The van der Waals surface area contributed by atoms with Crippen LogP contribution in [0.4, 0.5) is 0 Å². The molecule has 2 rings (SSSR count). The maximum Gasteiger partial charge on any atom is 0.0521 e. The fourth-order valence-electron chi connectivity index (χ4n) is 3.53. The molecule has 2 atom stereocenters. The lowest BCUT2D eigenvalue weighted by atomic mass is 9.93. The van der Waals surface area contributed by atoms with Crippen LogP contribution in [-0.4, -0.2) is 75.4 Å². The Morgan fingerprint density at radius 1 is 1.20 bits per heavy atom. The monoisotopic (exact) mass is 283 g/mol. The molecule has 0 radical (unpaired) electrons. The van der Waals surface area contributed by atoms with Crippen molar-refractivity contribution < 1.29 is 4.74 Å². The highest BCUT2D eigenvalue weighted by molar-refractivity contribution is 4.84. The number of rotatable bonds is 6.